The number of nitrogens with zero attached hydrogens (tertiary/aromatic N) is 3. The molecule has 2 rings (SSSR count). The van der Waals surface area contributed by atoms with E-state index in [0.717, 1.165) is 69.3 Å². The van der Waals surface area contributed by atoms with Crippen LogP contribution in [0.25, 0.3) is 0 Å². The molecule has 0 aliphatic carbocycles. The molecule has 0 spiro atoms. The van der Waals surface area contributed by atoms with E-state index in [1.807, 2.05) is 32.6 Å². The third-order valence-electron chi connectivity index (χ3n) is 9.47. The number of carbonyl (C=O) groups excluding carboxylic acids is 7. The van der Waals surface area contributed by atoms with Crippen LogP contribution in [0.1, 0.15) is 138 Å². The van der Waals surface area contributed by atoms with Gasteiger partial charge < -0.3 is 10.2 Å². The Morgan fingerprint density at radius 1 is 0.642 bits per heavy atom. The van der Waals surface area contributed by atoms with Crippen molar-refractivity contribution in [2.24, 2.45) is 17.8 Å². The fourth-order valence-corrected chi connectivity index (χ4v) is 8.86. The highest BCUT2D eigenvalue weighted by Crippen LogP contribution is 2.28. The molecule has 53 heavy (non-hydrogen) atoms. The Hall–Kier alpha value is -2.41. The minimum Gasteiger partial charge on any atom is -0.338 e. The summed E-state index contributed by atoms with van der Waals surface area (Å²) in [5.41, 5.74) is 0. The number of imide groups is 2. The van der Waals surface area contributed by atoms with E-state index in [1.165, 1.54) is 33.3 Å². The second-order valence-electron chi connectivity index (χ2n) is 15.9. The molecule has 2 aliphatic heterocycles. The number of hydrogen-bond acceptors (Lipinski definition) is 9. The van der Waals surface area contributed by atoms with Crippen LogP contribution in [0.2, 0.25) is 0 Å². The predicted octanol–water partition coefficient (Wildman–Crippen LogP) is 6.90. The quantitative estimate of drug-likeness (QED) is 0.0634. The molecule has 2 unspecified atom stereocenters. The number of amides is 6. The van der Waals surface area contributed by atoms with E-state index in [4.69, 9.17) is 0 Å². The molecule has 11 nitrogen and oxygen atoms in total. The van der Waals surface area contributed by atoms with Crippen molar-refractivity contribution in [1.82, 2.24) is 20.0 Å². The van der Waals surface area contributed by atoms with Crippen LogP contribution in [-0.4, -0.2) is 111 Å². The van der Waals surface area contributed by atoms with Gasteiger partial charge in [0.1, 0.15) is 11.6 Å². The second-order valence-corrected chi connectivity index (χ2v) is 18.5. The molecule has 2 aliphatic rings. The van der Waals surface area contributed by atoms with Gasteiger partial charge in [-0.3, -0.25) is 38.6 Å². The summed E-state index contributed by atoms with van der Waals surface area (Å²) in [7, 11) is 0. The van der Waals surface area contributed by atoms with Crippen LogP contribution < -0.4 is 5.32 Å². The maximum Gasteiger partial charge on any atom is 0.317 e. The molecule has 302 valence electrons. The molecule has 0 radical (unpaired) electrons. The van der Waals surface area contributed by atoms with Crippen molar-refractivity contribution < 1.29 is 33.6 Å². The van der Waals surface area contributed by atoms with Gasteiger partial charge in [-0.2, -0.15) is 0 Å². The van der Waals surface area contributed by atoms with Crippen LogP contribution in [-0.2, 0) is 28.8 Å². The first-order chi connectivity index (χ1) is 25.2. The summed E-state index contributed by atoms with van der Waals surface area (Å²) in [6.45, 7) is 14.6. The van der Waals surface area contributed by atoms with E-state index in [-0.39, 0.29) is 102 Å². The molecular weight excluding hydrogens is 713 g/mol. The zero-order valence-electron chi connectivity index (χ0n) is 33.5. The molecule has 6 amide bonds. The number of urea groups is 1. The van der Waals surface area contributed by atoms with Crippen LogP contribution in [0.15, 0.2) is 0 Å². The Balaban J connectivity index is 1.64. The summed E-state index contributed by atoms with van der Waals surface area (Å²) in [5, 5.41) is 2.38. The third kappa shape index (κ3) is 18.7. The van der Waals surface area contributed by atoms with Crippen molar-refractivity contribution in [2.45, 2.75) is 148 Å². The van der Waals surface area contributed by atoms with Gasteiger partial charge in [-0.15, -0.1) is 23.5 Å². The molecule has 2 atom stereocenters. The average Bonchev–Trinajstić information content (AvgIpc) is 3.50. The standard InChI is InChI=1S/C40H68N4O7S2/c1-29(2)15-18-41-40(51)42(19-11-7-9-13-23-52-34-27-36(47)43(38(34)49)21-16-32(45)25-30(3)4)20-12-8-10-14-24-53-35-28-37(48)44(39(35)50)22-17-33(46)26-31(5)6/h29-31,34-35H,7-28H2,1-6H3,(H,41,51). The van der Waals surface area contributed by atoms with Crippen molar-refractivity contribution in [3.8, 4) is 0 Å². The van der Waals surface area contributed by atoms with Gasteiger partial charge in [-0.25, -0.2) is 4.79 Å². The maximum absolute atomic E-state index is 13.0. The molecule has 1 N–H and O–H groups in total. The molecule has 2 heterocycles. The van der Waals surface area contributed by atoms with Gasteiger partial charge >= 0.3 is 6.03 Å². The Labute approximate surface area is 327 Å². The Kier molecular flexibility index (Phi) is 22.6. The van der Waals surface area contributed by atoms with E-state index < -0.39 is 0 Å². The summed E-state index contributed by atoms with van der Waals surface area (Å²) in [6, 6.07) is -0.0171. The number of thioether (sulfide) groups is 2. The van der Waals surface area contributed by atoms with E-state index in [0.29, 0.717) is 38.4 Å². The number of Topliss-reactive ketones (excluding diaryl/α,β-unsaturated/α-hetero) is 2. The molecule has 2 saturated heterocycles. The van der Waals surface area contributed by atoms with Gasteiger partial charge in [0, 0.05) is 71.2 Å². The van der Waals surface area contributed by atoms with Crippen LogP contribution in [0.5, 0.6) is 0 Å². The summed E-state index contributed by atoms with van der Waals surface area (Å²) in [4.78, 5) is 92.0. The number of unbranched alkanes of at least 4 members (excludes halogenated alkanes) is 6. The number of nitrogens with one attached hydrogen (secondary N) is 1. The van der Waals surface area contributed by atoms with Gasteiger partial charge in [0.25, 0.3) is 0 Å². The predicted molar refractivity (Wildman–Crippen MR) is 215 cm³/mol. The average molecular weight is 781 g/mol. The normalized spacial score (nSPS) is 17.7. The Bertz CT molecular complexity index is 1130. The van der Waals surface area contributed by atoms with Gasteiger partial charge in [0.15, 0.2) is 0 Å². The zero-order chi connectivity index (χ0) is 39.3. The monoisotopic (exact) mass is 780 g/mol. The molecule has 0 aromatic heterocycles. The summed E-state index contributed by atoms with van der Waals surface area (Å²) < 4.78 is 0. The number of likely N-dealkylation sites (tertiary alicyclic amines) is 2. The number of carbonyl (C=O) groups is 7. The second kappa shape index (κ2) is 25.6. The minimum absolute atomic E-state index is 0.0171. The topological polar surface area (TPSA) is 141 Å². The van der Waals surface area contributed by atoms with Crippen LogP contribution >= 0.6 is 23.5 Å². The van der Waals surface area contributed by atoms with Crippen molar-refractivity contribution >= 4 is 64.8 Å². The van der Waals surface area contributed by atoms with E-state index in [1.54, 1.807) is 0 Å². The number of ketones is 2. The van der Waals surface area contributed by atoms with Crippen LogP contribution in [0.4, 0.5) is 4.79 Å². The summed E-state index contributed by atoms with van der Waals surface area (Å²) >= 11 is 3.08. The summed E-state index contributed by atoms with van der Waals surface area (Å²) in [5.74, 6) is 2.13. The molecule has 2 fully saturated rings. The maximum atomic E-state index is 13.0. The van der Waals surface area contributed by atoms with E-state index in [9.17, 15) is 33.6 Å². The first-order valence-electron chi connectivity index (χ1n) is 20.2. The van der Waals surface area contributed by atoms with Crippen LogP contribution in [0, 0.1) is 17.8 Å². The summed E-state index contributed by atoms with van der Waals surface area (Å²) in [6.07, 6.45) is 10.3. The molecular formula is C40H68N4O7S2. The Morgan fingerprint density at radius 2 is 1.06 bits per heavy atom. The SMILES string of the molecule is CC(C)CCNC(=O)N(CCCCCCSC1CC(=O)N(CCC(=O)CC(C)C)C1=O)CCCCCCSC1CC(=O)N(CCC(=O)CC(C)C)C1=O. The van der Waals surface area contributed by atoms with Crippen molar-refractivity contribution in [2.75, 3.05) is 44.2 Å². The van der Waals surface area contributed by atoms with Crippen molar-refractivity contribution in [3.05, 3.63) is 0 Å². The number of rotatable bonds is 29. The smallest absolute Gasteiger partial charge is 0.317 e. The van der Waals surface area contributed by atoms with Crippen molar-refractivity contribution in [3.63, 3.8) is 0 Å². The van der Waals surface area contributed by atoms with E-state index in [2.05, 4.69) is 19.2 Å². The highest BCUT2D eigenvalue weighted by molar-refractivity contribution is 8.00. The highest BCUT2D eigenvalue weighted by atomic mass is 32.2. The highest BCUT2D eigenvalue weighted by Gasteiger charge is 2.39. The van der Waals surface area contributed by atoms with Crippen LogP contribution in [0.3, 0.4) is 0 Å². The van der Waals surface area contributed by atoms with Gasteiger partial charge in [0.2, 0.25) is 23.6 Å². The molecule has 13 heteroatoms. The minimum atomic E-state index is -0.353. The lowest BCUT2D eigenvalue weighted by molar-refractivity contribution is -0.140. The lowest BCUT2D eigenvalue weighted by Gasteiger charge is -2.23. The fourth-order valence-electron chi connectivity index (χ4n) is 6.49. The van der Waals surface area contributed by atoms with Gasteiger partial charge in [0.05, 0.1) is 10.5 Å². The molecule has 0 aromatic rings. The van der Waals surface area contributed by atoms with Gasteiger partial charge in [-0.05, 0) is 61.4 Å². The largest absolute Gasteiger partial charge is 0.338 e. The first-order valence-corrected chi connectivity index (χ1v) is 22.3. The lowest BCUT2D eigenvalue weighted by Crippen LogP contribution is -2.41. The third-order valence-corrected chi connectivity index (χ3v) is 12.1. The Morgan fingerprint density at radius 3 is 1.45 bits per heavy atom. The van der Waals surface area contributed by atoms with E-state index >= 15 is 0 Å². The first kappa shape index (κ1) is 46.7. The number of hydrogen-bond donors (Lipinski definition) is 1. The lowest BCUT2D eigenvalue weighted by atomic mass is 10.1. The molecule has 0 aromatic carbocycles. The fraction of sp³-hybridized carbons (Fsp3) is 0.825. The van der Waals surface area contributed by atoms with Gasteiger partial charge in [-0.1, -0.05) is 67.2 Å². The zero-order valence-corrected chi connectivity index (χ0v) is 35.1. The van der Waals surface area contributed by atoms with Crippen molar-refractivity contribution in [1.29, 1.82) is 0 Å². The molecule has 0 saturated carbocycles. The molecule has 0 bridgehead atoms.